The van der Waals surface area contributed by atoms with Crippen LogP contribution >= 0.6 is 0 Å². The molecule has 0 radical (unpaired) electrons. The smallest absolute Gasteiger partial charge is 0.409 e. The maximum atomic E-state index is 11.3. The highest BCUT2D eigenvalue weighted by Gasteiger charge is 2.26. The van der Waals surface area contributed by atoms with Gasteiger partial charge in [0.05, 0.1) is 13.7 Å². The first kappa shape index (κ1) is 10.3. The Bertz CT molecular complexity index is 166. The standard InChI is InChI=1S/C9H17NO3/c1-13-9(12)10(6-7-11)8-4-2-3-5-8/h8,11H,2-7H2,1H3. The maximum absolute atomic E-state index is 11.3. The minimum absolute atomic E-state index is 0.00556. The van der Waals surface area contributed by atoms with Crippen molar-refractivity contribution < 1.29 is 14.6 Å². The number of amides is 1. The van der Waals surface area contributed by atoms with E-state index in [0.29, 0.717) is 6.54 Å². The van der Waals surface area contributed by atoms with E-state index in [1.165, 1.54) is 20.0 Å². The van der Waals surface area contributed by atoms with Gasteiger partial charge in [0.2, 0.25) is 0 Å². The molecule has 4 heteroatoms. The highest BCUT2D eigenvalue weighted by atomic mass is 16.5. The van der Waals surface area contributed by atoms with E-state index in [1.54, 1.807) is 4.90 Å². The molecule has 0 aliphatic heterocycles. The number of carbonyl (C=O) groups excluding carboxylic acids is 1. The topological polar surface area (TPSA) is 49.8 Å². The number of methoxy groups -OCH3 is 1. The molecule has 0 aromatic carbocycles. The normalized spacial score (nSPS) is 17.4. The molecule has 76 valence electrons. The Balaban J connectivity index is 2.49. The molecule has 1 aliphatic rings. The number of hydrogen-bond acceptors (Lipinski definition) is 3. The molecule has 4 nitrogen and oxygen atoms in total. The number of carbonyl (C=O) groups is 1. The molecule has 0 saturated heterocycles. The van der Waals surface area contributed by atoms with Crippen molar-refractivity contribution in [3.05, 3.63) is 0 Å². The van der Waals surface area contributed by atoms with Gasteiger partial charge < -0.3 is 14.7 Å². The van der Waals surface area contributed by atoms with Crippen LogP contribution in [0.25, 0.3) is 0 Å². The summed E-state index contributed by atoms with van der Waals surface area (Å²) in [4.78, 5) is 12.9. The molecular weight excluding hydrogens is 170 g/mol. The minimum Gasteiger partial charge on any atom is -0.453 e. The molecule has 1 amide bonds. The Morgan fingerprint density at radius 1 is 1.54 bits per heavy atom. The lowest BCUT2D eigenvalue weighted by atomic mass is 10.2. The van der Waals surface area contributed by atoms with Crippen LogP contribution in [0.3, 0.4) is 0 Å². The molecule has 0 bridgehead atoms. The van der Waals surface area contributed by atoms with E-state index in [-0.39, 0.29) is 18.7 Å². The number of rotatable bonds is 3. The molecule has 0 spiro atoms. The number of aliphatic hydroxyl groups is 1. The molecule has 0 heterocycles. The van der Waals surface area contributed by atoms with Gasteiger partial charge >= 0.3 is 6.09 Å². The van der Waals surface area contributed by atoms with Crippen LogP contribution < -0.4 is 0 Å². The fourth-order valence-electron chi connectivity index (χ4n) is 1.86. The summed E-state index contributed by atoms with van der Waals surface area (Å²) in [6.07, 6.45) is 4.10. The minimum atomic E-state index is -0.319. The molecule has 0 aromatic rings. The first-order valence-corrected chi connectivity index (χ1v) is 4.75. The predicted octanol–water partition coefficient (Wildman–Crippen LogP) is 0.990. The van der Waals surface area contributed by atoms with Crippen LogP contribution in [0.5, 0.6) is 0 Å². The van der Waals surface area contributed by atoms with E-state index >= 15 is 0 Å². The molecule has 1 N–H and O–H groups in total. The molecular formula is C9H17NO3. The molecule has 0 aromatic heterocycles. The van der Waals surface area contributed by atoms with Gasteiger partial charge in [-0.2, -0.15) is 0 Å². The molecule has 1 saturated carbocycles. The van der Waals surface area contributed by atoms with Gasteiger partial charge in [-0.1, -0.05) is 12.8 Å². The first-order chi connectivity index (χ1) is 6.29. The predicted molar refractivity (Wildman–Crippen MR) is 48.5 cm³/mol. The van der Waals surface area contributed by atoms with Gasteiger partial charge in [-0.3, -0.25) is 0 Å². The quantitative estimate of drug-likeness (QED) is 0.716. The Morgan fingerprint density at radius 3 is 2.62 bits per heavy atom. The highest BCUT2D eigenvalue weighted by molar-refractivity contribution is 5.67. The van der Waals surface area contributed by atoms with E-state index in [1.807, 2.05) is 0 Å². The van der Waals surface area contributed by atoms with Gasteiger partial charge in [0.15, 0.2) is 0 Å². The van der Waals surface area contributed by atoms with Gasteiger partial charge in [-0.25, -0.2) is 4.79 Å². The molecule has 1 fully saturated rings. The van der Waals surface area contributed by atoms with E-state index in [4.69, 9.17) is 5.11 Å². The van der Waals surface area contributed by atoms with Crippen LogP contribution in [0.4, 0.5) is 4.79 Å². The van der Waals surface area contributed by atoms with Crippen molar-refractivity contribution in [1.82, 2.24) is 4.90 Å². The van der Waals surface area contributed by atoms with Crippen molar-refractivity contribution in [2.45, 2.75) is 31.7 Å². The van der Waals surface area contributed by atoms with E-state index < -0.39 is 0 Å². The van der Waals surface area contributed by atoms with Gasteiger partial charge in [0.25, 0.3) is 0 Å². The second kappa shape index (κ2) is 5.07. The van der Waals surface area contributed by atoms with E-state index in [9.17, 15) is 4.79 Å². The summed E-state index contributed by atoms with van der Waals surface area (Å²) < 4.78 is 4.65. The van der Waals surface area contributed by atoms with Crippen molar-refractivity contribution in [2.24, 2.45) is 0 Å². The fraction of sp³-hybridized carbons (Fsp3) is 0.889. The second-order valence-electron chi connectivity index (χ2n) is 3.33. The monoisotopic (exact) mass is 187 g/mol. The lowest BCUT2D eigenvalue weighted by Gasteiger charge is -2.26. The summed E-state index contributed by atoms with van der Waals surface area (Å²) in [5, 5.41) is 8.79. The summed E-state index contributed by atoms with van der Waals surface area (Å²) in [6, 6.07) is 0.277. The zero-order chi connectivity index (χ0) is 9.68. The van der Waals surface area contributed by atoms with Crippen LogP contribution in [0.1, 0.15) is 25.7 Å². The van der Waals surface area contributed by atoms with Crippen LogP contribution in [0.15, 0.2) is 0 Å². The molecule has 0 unspecified atom stereocenters. The van der Waals surface area contributed by atoms with Crippen LogP contribution in [0.2, 0.25) is 0 Å². The van der Waals surface area contributed by atoms with Crippen molar-refractivity contribution in [2.75, 3.05) is 20.3 Å². The summed E-state index contributed by atoms with van der Waals surface area (Å²) >= 11 is 0. The lowest BCUT2D eigenvalue weighted by Crippen LogP contribution is -2.40. The molecule has 13 heavy (non-hydrogen) atoms. The van der Waals surface area contributed by atoms with Gasteiger partial charge in [-0.05, 0) is 12.8 Å². The number of ether oxygens (including phenoxy) is 1. The number of nitrogens with zero attached hydrogens (tertiary/aromatic N) is 1. The van der Waals surface area contributed by atoms with Crippen molar-refractivity contribution in [1.29, 1.82) is 0 Å². The Kier molecular flexibility index (Phi) is 4.02. The van der Waals surface area contributed by atoms with Crippen LogP contribution in [0, 0.1) is 0 Å². The van der Waals surface area contributed by atoms with Crippen molar-refractivity contribution in [3.8, 4) is 0 Å². The van der Waals surface area contributed by atoms with Gasteiger partial charge in [0, 0.05) is 12.6 Å². The largest absolute Gasteiger partial charge is 0.453 e. The van der Waals surface area contributed by atoms with Crippen LogP contribution in [-0.2, 0) is 4.74 Å². The Morgan fingerprint density at radius 2 is 2.15 bits per heavy atom. The van der Waals surface area contributed by atoms with Crippen LogP contribution in [-0.4, -0.2) is 42.4 Å². The number of hydrogen-bond donors (Lipinski definition) is 1. The highest BCUT2D eigenvalue weighted by Crippen LogP contribution is 2.23. The number of aliphatic hydroxyl groups excluding tert-OH is 1. The maximum Gasteiger partial charge on any atom is 0.409 e. The van der Waals surface area contributed by atoms with E-state index in [0.717, 1.165) is 12.8 Å². The first-order valence-electron chi connectivity index (χ1n) is 4.75. The Hall–Kier alpha value is -0.770. The molecule has 1 aliphatic carbocycles. The fourth-order valence-corrected chi connectivity index (χ4v) is 1.86. The summed E-state index contributed by atoms with van der Waals surface area (Å²) in [5.74, 6) is 0. The summed E-state index contributed by atoms with van der Waals surface area (Å²) in [5.41, 5.74) is 0. The third kappa shape index (κ3) is 2.59. The summed E-state index contributed by atoms with van der Waals surface area (Å²) in [7, 11) is 1.38. The molecule has 1 rings (SSSR count). The van der Waals surface area contributed by atoms with Gasteiger partial charge in [-0.15, -0.1) is 0 Å². The molecule has 0 atom stereocenters. The second-order valence-corrected chi connectivity index (χ2v) is 3.33. The lowest BCUT2D eigenvalue weighted by molar-refractivity contribution is 0.0940. The average Bonchev–Trinajstić information content (AvgIpc) is 2.65. The Labute approximate surface area is 78.5 Å². The third-order valence-electron chi connectivity index (χ3n) is 2.52. The van der Waals surface area contributed by atoms with Crippen molar-refractivity contribution >= 4 is 6.09 Å². The average molecular weight is 187 g/mol. The van der Waals surface area contributed by atoms with E-state index in [2.05, 4.69) is 4.74 Å². The van der Waals surface area contributed by atoms with Crippen molar-refractivity contribution in [3.63, 3.8) is 0 Å². The zero-order valence-electron chi connectivity index (χ0n) is 8.03. The SMILES string of the molecule is COC(=O)N(CCO)C1CCCC1. The third-order valence-corrected chi connectivity index (χ3v) is 2.52. The zero-order valence-corrected chi connectivity index (χ0v) is 8.03. The summed E-state index contributed by atoms with van der Waals surface area (Å²) in [6.45, 7) is 0.392. The van der Waals surface area contributed by atoms with Gasteiger partial charge in [0.1, 0.15) is 0 Å².